The van der Waals surface area contributed by atoms with Crippen molar-refractivity contribution in [2.24, 2.45) is 5.84 Å². The fourth-order valence-corrected chi connectivity index (χ4v) is 4.64. The summed E-state index contributed by atoms with van der Waals surface area (Å²) in [5, 5.41) is 5.36. The molecule has 0 saturated carbocycles. The third-order valence-corrected chi connectivity index (χ3v) is 6.76. The second-order valence-corrected chi connectivity index (χ2v) is 12.1. The van der Waals surface area contributed by atoms with E-state index in [0.29, 0.717) is 17.1 Å². The van der Waals surface area contributed by atoms with Gasteiger partial charge in [0.25, 0.3) is 5.91 Å². The molecule has 0 bridgehead atoms. The van der Waals surface area contributed by atoms with Crippen molar-refractivity contribution >= 4 is 29.7 Å². The van der Waals surface area contributed by atoms with Crippen molar-refractivity contribution < 1.29 is 19.1 Å². The van der Waals surface area contributed by atoms with Crippen LogP contribution in [0.3, 0.4) is 0 Å². The first kappa shape index (κ1) is 35.0. The zero-order chi connectivity index (χ0) is 30.1. The molecule has 5 N–H and O–H groups in total. The average Bonchev–Trinajstić information content (AvgIpc) is 2.87. The molecule has 0 saturated heterocycles. The van der Waals surface area contributed by atoms with Crippen LogP contribution in [-0.2, 0) is 14.3 Å². The van der Waals surface area contributed by atoms with Gasteiger partial charge in [0.2, 0.25) is 5.91 Å². The van der Waals surface area contributed by atoms with Gasteiger partial charge >= 0.3 is 6.09 Å². The van der Waals surface area contributed by atoms with E-state index in [1.54, 1.807) is 45.0 Å². The van der Waals surface area contributed by atoms with Crippen molar-refractivity contribution in [2.75, 3.05) is 11.5 Å². The minimum atomic E-state index is -1.05. The molecule has 0 spiro atoms. The second kappa shape index (κ2) is 18.3. The summed E-state index contributed by atoms with van der Waals surface area (Å²) in [6.45, 7) is 13.7. The van der Waals surface area contributed by atoms with Crippen molar-refractivity contribution in [1.29, 1.82) is 0 Å². The predicted molar refractivity (Wildman–Crippen MR) is 166 cm³/mol. The summed E-state index contributed by atoms with van der Waals surface area (Å²) < 4.78 is 5.34. The first-order valence-corrected chi connectivity index (χ1v) is 14.9. The van der Waals surface area contributed by atoms with Gasteiger partial charge < -0.3 is 15.4 Å². The molecule has 2 atom stereocenters. The molecule has 0 aliphatic carbocycles. The number of ether oxygens (including phenoxy) is 1. The van der Waals surface area contributed by atoms with Gasteiger partial charge in [0.15, 0.2) is 0 Å². The van der Waals surface area contributed by atoms with Gasteiger partial charge in [0.1, 0.15) is 17.7 Å². The molecule has 0 aromatic heterocycles. The summed E-state index contributed by atoms with van der Waals surface area (Å²) in [5.41, 5.74) is 5.98. The lowest BCUT2D eigenvalue weighted by Crippen LogP contribution is -2.53. The first-order chi connectivity index (χ1) is 18.8. The Kier molecular flexibility index (Phi) is 16.0. The number of benzene rings is 1. The van der Waals surface area contributed by atoms with Crippen molar-refractivity contribution in [3.05, 3.63) is 70.8 Å². The van der Waals surface area contributed by atoms with Crippen LogP contribution in [0.4, 0.5) is 4.79 Å². The SMILES string of the molecule is CC(C)=CCCC(C)=CCCC(C)=CCSCC(NC(=O)C(NC(=O)OC(C)(C)C)c1ccccc1)C(=O)NN. The van der Waals surface area contributed by atoms with Crippen LogP contribution in [0.15, 0.2) is 65.3 Å². The number of amides is 3. The van der Waals surface area contributed by atoms with Crippen LogP contribution in [0, 0.1) is 0 Å². The molecule has 222 valence electrons. The molecule has 1 aromatic carbocycles. The maximum absolute atomic E-state index is 13.3. The molecule has 2 unspecified atom stereocenters. The quantitative estimate of drug-likeness (QED) is 0.0684. The van der Waals surface area contributed by atoms with Crippen LogP contribution in [0.25, 0.3) is 0 Å². The van der Waals surface area contributed by atoms with Crippen LogP contribution < -0.4 is 21.9 Å². The lowest BCUT2D eigenvalue weighted by atomic mass is 10.1. The highest BCUT2D eigenvalue weighted by Crippen LogP contribution is 2.17. The highest BCUT2D eigenvalue weighted by molar-refractivity contribution is 7.99. The number of hydrazine groups is 1. The average molecular weight is 573 g/mol. The number of nitrogens with one attached hydrogen (secondary N) is 3. The van der Waals surface area contributed by atoms with E-state index in [9.17, 15) is 14.4 Å². The van der Waals surface area contributed by atoms with E-state index in [-0.39, 0.29) is 0 Å². The lowest BCUT2D eigenvalue weighted by molar-refractivity contribution is -0.129. The van der Waals surface area contributed by atoms with Crippen molar-refractivity contribution in [3.8, 4) is 0 Å². The van der Waals surface area contributed by atoms with Gasteiger partial charge in [-0.05, 0) is 79.7 Å². The van der Waals surface area contributed by atoms with Crippen molar-refractivity contribution in [1.82, 2.24) is 16.1 Å². The zero-order valence-corrected chi connectivity index (χ0v) is 26.0. The van der Waals surface area contributed by atoms with E-state index in [1.165, 1.54) is 28.5 Å². The number of carbonyl (C=O) groups excluding carboxylic acids is 3. The van der Waals surface area contributed by atoms with Gasteiger partial charge in [-0.3, -0.25) is 15.0 Å². The Balaban J connectivity index is 2.73. The molecule has 9 heteroatoms. The molecule has 8 nitrogen and oxygen atoms in total. The van der Waals surface area contributed by atoms with Crippen LogP contribution >= 0.6 is 11.8 Å². The van der Waals surface area contributed by atoms with E-state index in [1.807, 2.05) is 6.07 Å². The number of rotatable bonds is 15. The zero-order valence-electron chi connectivity index (χ0n) is 25.1. The molecule has 0 fully saturated rings. The van der Waals surface area contributed by atoms with Crippen LogP contribution in [-0.4, -0.2) is 41.1 Å². The topological polar surface area (TPSA) is 123 Å². The monoisotopic (exact) mass is 572 g/mol. The van der Waals surface area contributed by atoms with Gasteiger partial charge in [-0.2, -0.15) is 11.8 Å². The maximum Gasteiger partial charge on any atom is 0.408 e. The molecule has 0 radical (unpaired) electrons. The summed E-state index contributed by atoms with van der Waals surface area (Å²) in [6.07, 6.45) is 10.1. The number of carbonyl (C=O) groups is 3. The second-order valence-electron chi connectivity index (χ2n) is 11.1. The van der Waals surface area contributed by atoms with E-state index in [4.69, 9.17) is 10.6 Å². The summed E-state index contributed by atoms with van der Waals surface area (Å²) in [6, 6.07) is 6.87. The maximum atomic E-state index is 13.3. The van der Waals surface area contributed by atoms with E-state index in [0.717, 1.165) is 25.7 Å². The Morgan fingerprint density at radius 2 is 1.50 bits per heavy atom. The standard InChI is InChI=1S/C31H48N4O4S/c1-22(2)13-11-14-23(3)15-12-16-24(4)19-20-40-21-26(28(36)35-32)33-29(37)27(25-17-9-8-10-18-25)34-30(38)39-31(5,6)7/h8-10,13,15,17-19,26-27H,11-12,14,16,20-21,32H2,1-7H3,(H,33,37)(H,34,38)(H,35,36). The van der Waals surface area contributed by atoms with E-state index >= 15 is 0 Å². The van der Waals surface area contributed by atoms with E-state index < -0.39 is 35.6 Å². The summed E-state index contributed by atoms with van der Waals surface area (Å²) >= 11 is 1.52. The Morgan fingerprint density at radius 3 is 2.08 bits per heavy atom. The molecule has 0 aliphatic heterocycles. The molecule has 1 rings (SSSR count). The Labute approximate surface area is 244 Å². The minimum absolute atomic E-state index is 0.315. The first-order valence-electron chi connectivity index (χ1n) is 13.7. The van der Waals surface area contributed by atoms with Gasteiger partial charge in [0.05, 0.1) is 0 Å². The summed E-state index contributed by atoms with van der Waals surface area (Å²) in [7, 11) is 0. The number of allylic oxidation sites excluding steroid dienone is 5. The van der Waals surface area contributed by atoms with E-state index in [2.05, 4.69) is 62.0 Å². The van der Waals surface area contributed by atoms with Crippen molar-refractivity contribution in [3.63, 3.8) is 0 Å². The van der Waals surface area contributed by atoms with Crippen molar-refractivity contribution in [2.45, 2.75) is 91.8 Å². The minimum Gasteiger partial charge on any atom is -0.444 e. The molecular formula is C31H48N4O4S. The Bertz CT molecular complexity index is 1040. The molecule has 3 amide bonds. The molecule has 40 heavy (non-hydrogen) atoms. The number of nitrogens with two attached hydrogens (primary N) is 1. The molecule has 0 heterocycles. The van der Waals surface area contributed by atoms with Gasteiger partial charge in [-0.25, -0.2) is 10.6 Å². The van der Waals surface area contributed by atoms with Crippen LogP contribution in [0.1, 0.15) is 85.8 Å². The van der Waals surface area contributed by atoms with Crippen LogP contribution in [0.5, 0.6) is 0 Å². The Hall–Kier alpha value is -3.04. The fraction of sp³-hybridized carbons (Fsp3) is 0.516. The number of thioether (sulfide) groups is 1. The summed E-state index contributed by atoms with van der Waals surface area (Å²) in [5.74, 6) is 5.35. The molecule has 0 aliphatic rings. The summed E-state index contributed by atoms with van der Waals surface area (Å²) in [4.78, 5) is 38.2. The Morgan fingerprint density at radius 1 is 0.900 bits per heavy atom. The highest BCUT2D eigenvalue weighted by atomic mass is 32.2. The number of alkyl carbamates (subject to hydrolysis) is 1. The largest absolute Gasteiger partial charge is 0.444 e. The normalized spacial score (nSPS) is 13.6. The predicted octanol–water partition coefficient (Wildman–Crippen LogP) is 5.88. The highest BCUT2D eigenvalue weighted by Gasteiger charge is 2.29. The number of hydrogen-bond acceptors (Lipinski definition) is 6. The third-order valence-electron chi connectivity index (χ3n) is 5.79. The van der Waals surface area contributed by atoms with Gasteiger partial charge in [0, 0.05) is 11.5 Å². The van der Waals surface area contributed by atoms with Gasteiger partial charge in [-0.1, -0.05) is 65.3 Å². The molecular weight excluding hydrogens is 524 g/mol. The number of hydrogen-bond donors (Lipinski definition) is 4. The van der Waals surface area contributed by atoms with Gasteiger partial charge in [-0.15, -0.1) is 0 Å². The lowest BCUT2D eigenvalue weighted by Gasteiger charge is -2.25. The fourth-order valence-electron chi connectivity index (χ4n) is 3.64. The van der Waals surface area contributed by atoms with Crippen LogP contribution in [0.2, 0.25) is 0 Å². The smallest absolute Gasteiger partial charge is 0.408 e. The third kappa shape index (κ3) is 15.5. The molecule has 1 aromatic rings.